The predicted molar refractivity (Wildman–Crippen MR) is 62.9 cm³/mol. The number of benzene rings is 1. The molecule has 15 heavy (non-hydrogen) atoms. The van der Waals surface area contributed by atoms with Crippen LogP contribution in [-0.2, 0) is 4.79 Å². The van der Waals surface area contributed by atoms with Crippen molar-refractivity contribution in [2.45, 2.75) is 5.25 Å². The topological polar surface area (TPSA) is 32.7 Å². The van der Waals surface area contributed by atoms with Gasteiger partial charge in [0.15, 0.2) is 5.17 Å². The molecule has 0 radical (unpaired) electrons. The summed E-state index contributed by atoms with van der Waals surface area (Å²) in [6, 6.07) is 9.75. The number of carbonyl (C=O) groups excluding carboxylic acids is 1. The van der Waals surface area contributed by atoms with Crippen LogP contribution in [-0.4, -0.2) is 30.1 Å². The van der Waals surface area contributed by atoms with Crippen LogP contribution in [0.15, 0.2) is 35.3 Å². The second-order valence-corrected chi connectivity index (χ2v) is 4.61. The summed E-state index contributed by atoms with van der Waals surface area (Å²) >= 11 is 1.51. The molecule has 0 aromatic heterocycles. The summed E-state index contributed by atoms with van der Waals surface area (Å²) in [4.78, 5) is 17.5. The monoisotopic (exact) mass is 220 g/mol. The van der Waals surface area contributed by atoms with Crippen LogP contribution in [0.2, 0.25) is 0 Å². The minimum absolute atomic E-state index is 0.0603. The molecule has 1 heterocycles. The van der Waals surface area contributed by atoms with Gasteiger partial charge in [-0.3, -0.25) is 4.79 Å². The summed E-state index contributed by atoms with van der Waals surface area (Å²) < 4.78 is 0. The Bertz CT molecular complexity index is 400. The van der Waals surface area contributed by atoms with Crippen LogP contribution in [0, 0.1) is 0 Å². The van der Waals surface area contributed by atoms with E-state index in [1.54, 1.807) is 0 Å². The molecule has 1 aromatic carbocycles. The normalized spacial score (nSPS) is 20.3. The van der Waals surface area contributed by atoms with Crippen molar-refractivity contribution in [3.05, 3.63) is 35.9 Å². The van der Waals surface area contributed by atoms with Crippen molar-refractivity contribution in [2.24, 2.45) is 4.99 Å². The van der Waals surface area contributed by atoms with Gasteiger partial charge in [0.05, 0.1) is 0 Å². The third kappa shape index (κ3) is 2.04. The van der Waals surface area contributed by atoms with Crippen molar-refractivity contribution in [1.29, 1.82) is 0 Å². The number of amidine groups is 1. The van der Waals surface area contributed by atoms with E-state index in [1.807, 2.05) is 49.3 Å². The number of hydrogen-bond donors (Lipinski definition) is 0. The van der Waals surface area contributed by atoms with Crippen molar-refractivity contribution in [3.8, 4) is 0 Å². The minimum Gasteiger partial charge on any atom is -0.357 e. The van der Waals surface area contributed by atoms with Gasteiger partial charge >= 0.3 is 0 Å². The van der Waals surface area contributed by atoms with E-state index in [0.29, 0.717) is 0 Å². The Kier molecular flexibility index (Phi) is 2.77. The number of hydrogen-bond acceptors (Lipinski definition) is 3. The standard InChI is InChI=1S/C11H12N2OS/c1-13(2)11-12-10(14)9(15-11)8-6-4-3-5-7-8/h3-7,9H,1-2H3/t9-/m1/s1. The van der Waals surface area contributed by atoms with Crippen LogP contribution in [0.25, 0.3) is 0 Å². The molecular formula is C11H12N2OS. The average Bonchev–Trinajstić information content (AvgIpc) is 2.62. The van der Waals surface area contributed by atoms with E-state index in [0.717, 1.165) is 10.7 Å². The Labute approximate surface area is 93.2 Å². The first-order valence-electron chi connectivity index (χ1n) is 4.70. The summed E-state index contributed by atoms with van der Waals surface area (Å²) in [5, 5.41) is 0.623. The fraction of sp³-hybridized carbons (Fsp3) is 0.273. The van der Waals surface area contributed by atoms with Gasteiger partial charge in [-0.25, -0.2) is 0 Å². The molecule has 2 rings (SSSR count). The Morgan fingerprint density at radius 3 is 2.47 bits per heavy atom. The molecule has 0 unspecified atom stereocenters. The van der Waals surface area contributed by atoms with E-state index >= 15 is 0 Å². The van der Waals surface area contributed by atoms with Crippen LogP contribution in [0.5, 0.6) is 0 Å². The molecule has 1 amide bonds. The molecule has 1 aliphatic rings. The van der Waals surface area contributed by atoms with Crippen LogP contribution >= 0.6 is 11.8 Å². The Morgan fingerprint density at radius 2 is 1.93 bits per heavy atom. The molecule has 1 aliphatic heterocycles. The van der Waals surface area contributed by atoms with Crippen molar-refractivity contribution in [1.82, 2.24) is 4.90 Å². The van der Waals surface area contributed by atoms with Gasteiger partial charge in [0, 0.05) is 14.1 Å². The maximum absolute atomic E-state index is 11.7. The van der Waals surface area contributed by atoms with Crippen molar-refractivity contribution in [2.75, 3.05) is 14.1 Å². The summed E-state index contributed by atoms with van der Waals surface area (Å²) in [5.74, 6) is -0.0603. The van der Waals surface area contributed by atoms with Crippen molar-refractivity contribution >= 4 is 22.8 Å². The first-order chi connectivity index (χ1) is 7.18. The lowest BCUT2D eigenvalue weighted by Crippen LogP contribution is -2.16. The first-order valence-corrected chi connectivity index (χ1v) is 5.58. The van der Waals surface area contributed by atoms with Crippen LogP contribution in [0.1, 0.15) is 10.8 Å². The Balaban J connectivity index is 2.20. The van der Waals surface area contributed by atoms with E-state index in [4.69, 9.17) is 0 Å². The average molecular weight is 220 g/mol. The van der Waals surface area contributed by atoms with Gasteiger partial charge in [-0.2, -0.15) is 4.99 Å². The largest absolute Gasteiger partial charge is 0.357 e. The van der Waals surface area contributed by atoms with Gasteiger partial charge in [-0.15, -0.1) is 0 Å². The molecule has 3 nitrogen and oxygen atoms in total. The number of thioether (sulfide) groups is 1. The van der Waals surface area contributed by atoms with Gasteiger partial charge in [-0.05, 0) is 5.56 Å². The molecule has 4 heteroatoms. The van der Waals surface area contributed by atoms with Crippen molar-refractivity contribution in [3.63, 3.8) is 0 Å². The highest BCUT2D eigenvalue weighted by Crippen LogP contribution is 2.36. The van der Waals surface area contributed by atoms with Crippen LogP contribution in [0.4, 0.5) is 0 Å². The summed E-state index contributed by atoms with van der Waals surface area (Å²) in [7, 11) is 3.79. The van der Waals surface area contributed by atoms with Crippen LogP contribution < -0.4 is 0 Å². The molecule has 0 fully saturated rings. The highest BCUT2D eigenvalue weighted by molar-refractivity contribution is 8.15. The number of carbonyl (C=O) groups is 1. The Hall–Kier alpha value is -1.29. The number of amides is 1. The number of aliphatic imine (C=N–C) groups is 1. The predicted octanol–water partition coefficient (Wildman–Crippen LogP) is 1.92. The maximum atomic E-state index is 11.7. The first kappa shape index (κ1) is 10.2. The van der Waals surface area contributed by atoms with E-state index in [9.17, 15) is 4.79 Å². The molecule has 0 spiro atoms. The molecule has 0 saturated carbocycles. The van der Waals surface area contributed by atoms with E-state index in [-0.39, 0.29) is 11.2 Å². The number of rotatable bonds is 1. The lowest BCUT2D eigenvalue weighted by molar-refractivity contribution is -0.117. The zero-order chi connectivity index (χ0) is 10.8. The molecule has 0 bridgehead atoms. The second-order valence-electron chi connectivity index (χ2n) is 3.54. The molecule has 0 N–H and O–H groups in total. The molecule has 1 atom stereocenters. The molecule has 1 aromatic rings. The van der Waals surface area contributed by atoms with E-state index in [2.05, 4.69) is 4.99 Å². The summed E-state index contributed by atoms with van der Waals surface area (Å²) in [6.45, 7) is 0. The zero-order valence-electron chi connectivity index (χ0n) is 8.68. The Morgan fingerprint density at radius 1 is 1.27 bits per heavy atom. The third-order valence-corrected chi connectivity index (χ3v) is 3.52. The number of nitrogens with zero attached hydrogens (tertiary/aromatic N) is 2. The molecule has 0 aliphatic carbocycles. The van der Waals surface area contributed by atoms with Gasteiger partial charge in [0.2, 0.25) is 0 Å². The quantitative estimate of drug-likeness (QED) is 0.725. The smallest absolute Gasteiger partial charge is 0.266 e. The summed E-state index contributed by atoms with van der Waals surface area (Å²) in [5.41, 5.74) is 1.02. The van der Waals surface area contributed by atoms with Crippen LogP contribution in [0.3, 0.4) is 0 Å². The highest BCUT2D eigenvalue weighted by atomic mass is 32.2. The third-order valence-electron chi connectivity index (χ3n) is 2.14. The lowest BCUT2D eigenvalue weighted by Gasteiger charge is -2.11. The summed E-state index contributed by atoms with van der Waals surface area (Å²) in [6.07, 6.45) is 0. The van der Waals surface area contributed by atoms with Gasteiger partial charge < -0.3 is 4.90 Å². The fourth-order valence-corrected chi connectivity index (χ4v) is 2.39. The second kappa shape index (κ2) is 4.06. The van der Waals surface area contributed by atoms with Gasteiger partial charge in [-0.1, -0.05) is 42.1 Å². The maximum Gasteiger partial charge on any atom is 0.266 e. The molecule has 0 saturated heterocycles. The highest BCUT2D eigenvalue weighted by Gasteiger charge is 2.30. The van der Waals surface area contributed by atoms with Gasteiger partial charge in [0.25, 0.3) is 5.91 Å². The SMILES string of the molecule is CN(C)C1=NC(=O)[C@@H](c2ccccc2)S1. The molecule has 78 valence electrons. The van der Waals surface area contributed by atoms with E-state index < -0.39 is 0 Å². The van der Waals surface area contributed by atoms with Gasteiger partial charge in [0.1, 0.15) is 5.25 Å². The van der Waals surface area contributed by atoms with Crippen molar-refractivity contribution < 1.29 is 4.79 Å². The zero-order valence-corrected chi connectivity index (χ0v) is 9.49. The molecular weight excluding hydrogens is 208 g/mol. The minimum atomic E-state index is -0.163. The fourth-order valence-electron chi connectivity index (χ4n) is 1.38. The van der Waals surface area contributed by atoms with E-state index in [1.165, 1.54) is 11.8 Å². The lowest BCUT2D eigenvalue weighted by atomic mass is 10.1.